The van der Waals surface area contributed by atoms with Crippen LogP contribution < -0.4 is 5.43 Å². The first kappa shape index (κ1) is 18.9. The van der Waals surface area contributed by atoms with Gasteiger partial charge in [0.15, 0.2) is 5.69 Å². The SMILES string of the molecule is O=C(N/N=C/c1c(O)ccc2ccccc12)c1ccn(Cc2ccc(Br)cc2)n1. The number of nitrogens with zero attached hydrogens (tertiary/aromatic N) is 3. The lowest BCUT2D eigenvalue weighted by Crippen LogP contribution is -2.18. The van der Waals surface area contributed by atoms with Gasteiger partial charge in [-0.1, -0.05) is 58.4 Å². The zero-order chi connectivity index (χ0) is 20.2. The average Bonchev–Trinajstić information content (AvgIpc) is 3.20. The van der Waals surface area contributed by atoms with Crippen LogP contribution in [0.5, 0.6) is 5.75 Å². The van der Waals surface area contributed by atoms with Crippen molar-refractivity contribution in [1.29, 1.82) is 0 Å². The lowest BCUT2D eigenvalue weighted by atomic mass is 10.0. The number of rotatable bonds is 5. The van der Waals surface area contributed by atoms with Crippen LogP contribution in [-0.4, -0.2) is 27.0 Å². The van der Waals surface area contributed by atoms with E-state index in [4.69, 9.17) is 0 Å². The summed E-state index contributed by atoms with van der Waals surface area (Å²) in [7, 11) is 0. The smallest absolute Gasteiger partial charge is 0.291 e. The van der Waals surface area contributed by atoms with Crippen LogP contribution in [-0.2, 0) is 6.54 Å². The third kappa shape index (κ3) is 4.35. The zero-order valence-electron chi connectivity index (χ0n) is 15.3. The van der Waals surface area contributed by atoms with Crippen molar-refractivity contribution in [2.24, 2.45) is 5.10 Å². The van der Waals surface area contributed by atoms with Crippen LogP contribution in [0.2, 0.25) is 0 Å². The summed E-state index contributed by atoms with van der Waals surface area (Å²) in [4.78, 5) is 12.3. The highest BCUT2D eigenvalue weighted by Crippen LogP contribution is 2.25. The number of amides is 1. The first-order valence-electron chi connectivity index (χ1n) is 8.92. The predicted octanol–water partition coefficient (Wildman–Crippen LogP) is 4.32. The Morgan fingerprint density at radius 3 is 2.72 bits per heavy atom. The number of halogens is 1. The maximum Gasteiger partial charge on any atom is 0.291 e. The van der Waals surface area contributed by atoms with E-state index in [1.54, 1.807) is 23.0 Å². The number of benzene rings is 3. The molecule has 0 spiro atoms. The molecular weight excluding hydrogens is 432 g/mol. The Morgan fingerprint density at radius 1 is 1.10 bits per heavy atom. The molecule has 0 bridgehead atoms. The number of aromatic nitrogens is 2. The molecule has 0 unspecified atom stereocenters. The van der Waals surface area contributed by atoms with Crippen LogP contribution in [0.15, 0.2) is 82.5 Å². The van der Waals surface area contributed by atoms with Crippen LogP contribution in [0.4, 0.5) is 0 Å². The predicted molar refractivity (Wildman–Crippen MR) is 116 cm³/mol. The molecule has 0 saturated heterocycles. The van der Waals surface area contributed by atoms with Crippen LogP contribution >= 0.6 is 15.9 Å². The first-order valence-corrected chi connectivity index (χ1v) is 9.71. The van der Waals surface area contributed by atoms with E-state index in [0.29, 0.717) is 12.1 Å². The van der Waals surface area contributed by atoms with Gasteiger partial charge in [0.05, 0.1) is 12.8 Å². The summed E-state index contributed by atoms with van der Waals surface area (Å²) in [5.74, 6) is -0.323. The number of hydrazone groups is 1. The summed E-state index contributed by atoms with van der Waals surface area (Å²) in [6.07, 6.45) is 3.19. The molecule has 6 nitrogen and oxygen atoms in total. The Kier molecular flexibility index (Phi) is 5.39. The summed E-state index contributed by atoms with van der Waals surface area (Å²) in [6.45, 7) is 0.563. The average molecular weight is 449 g/mol. The minimum Gasteiger partial charge on any atom is -0.507 e. The van der Waals surface area contributed by atoms with E-state index in [9.17, 15) is 9.90 Å². The van der Waals surface area contributed by atoms with Crippen molar-refractivity contribution in [1.82, 2.24) is 15.2 Å². The minimum absolute atomic E-state index is 0.0977. The zero-order valence-corrected chi connectivity index (χ0v) is 16.9. The van der Waals surface area contributed by atoms with Gasteiger partial charge in [0.2, 0.25) is 0 Å². The molecule has 1 aromatic heterocycles. The van der Waals surface area contributed by atoms with Crippen molar-refractivity contribution in [2.75, 3.05) is 0 Å². The molecule has 0 atom stereocenters. The summed E-state index contributed by atoms with van der Waals surface area (Å²) in [5, 5.41) is 20.2. The number of fused-ring (bicyclic) bond motifs is 1. The Hall–Kier alpha value is -3.45. The molecule has 1 amide bonds. The number of hydrogen-bond donors (Lipinski definition) is 2. The molecule has 2 N–H and O–H groups in total. The molecular formula is C22H17BrN4O2. The van der Waals surface area contributed by atoms with Crippen molar-refractivity contribution >= 4 is 38.8 Å². The molecule has 144 valence electrons. The topological polar surface area (TPSA) is 79.5 Å². The highest BCUT2D eigenvalue weighted by atomic mass is 79.9. The van der Waals surface area contributed by atoms with Crippen LogP contribution in [0.1, 0.15) is 21.6 Å². The molecule has 0 aliphatic rings. The number of phenolic OH excluding ortho intramolecular Hbond substituents is 1. The first-order chi connectivity index (χ1) is 14.1. The van der Waals surface area contributed by atoms with Crippen LogP contribution in [0, 0.1) is 0 Å². The Balaban J connectivity index is 1.45. The summed E-state index contributed by atoms with van der Waals surface area (Å²) >= 11 is 3.41. The second-order valence-electron chi connectivity index (χ2n) is 6.44. The normalized spacial score (nSPS) is 11.2. The highest BCUT2D eigenvalue weighted by molar-refractivity contribution is 9.10. The second kappa shape index (κ2) is 8.28. The van der Waals surface area contributed by atoms with E-state index < -0.39 is 5.91 Å². The fourth-order valence-electron chi connectivity index (χ4n) is 2.98. The van der Waals surface area contributed by atoms with Crippen molar-refractivity contribution in [3.63, 3.8) is 0 Å². The van der Waals surface area contributed by atoms with Gasteiger partial charge in [-0.2, -0.15) is 10.2 Å². The fraction of sp³-hybridized carbons (Fsp3) is 0.0455. The van der Waals surface area contributed by atoms with Gasteiger partial charge in [-0.15, -0.1) is 0 Å². The lowest BCUT2D eigenvalue weighted by molar-refractivity contribution is 0.0949. The molecule has 0 aliphatic heterocycles. The standard InChI is InChI=1S/C22H17BrN4O2/c23-17-8-5-15(6-9-17)14-27-12-11-20(26-27)22(29)25-24-13-19-18-4-2-1-3-16(18)7-10-21(19)28/h1-13,28H,14H2,(H,25,29)/b24-13+. The van der Waals surface area contributed by atoms with Gasteiger partial charge in [-0.25, -0.2) is 5.43 Å². The largest absolute Gasteiger partial charge is 0.507 e. The number of aromatic hydroxyl groups is 1. The molecule has 7 heteroatoms. The molecule has 4 rings (SSSR count). The number of phenols is 1. The monoisotopic (exact) mass is 448 g/mol. The third-order valence-electron chi connectivity index (χ3n) is 4.44. The molecule has 3 aromatic carbocycles. The van der Waals surface area contributed by atoms with Crippen molar-refractivity contribution in [2.45, 2.75) is 6.54 Å². The molecule has 29 heavy (non-hydrogen) atoms. The summed E-state index contributed by atoms with van der Waals surface area (Å²) in [6, 6.07) is 20.6. The maximum atomic E-state index is 12.3. The Labute approximate surface area is 175 Å². The fourth-order valence-corrected chi connectivity index (χ4v) is 3.24. The van der Waals surface area contributed by atoms with Gasteiger partial charge >= 0.3 is 0 Å². The van der Waals surface area contributed by atoms with Crippen molar-refractivity contribution < 1.29 is 9.90 Å². The van der Waals surface area contributed by atoms with E-state index in [1.807, 2.05) is 54.6 Å². The Morgan fingerprint density at radius 2 is 1.90 bits per heavy atom. The van der Waals surface area contributed by atoms with Crippen LogP contribution in [0.3, 0.4) is 0 Å². The molecule has 0 fully saturated rings. The highest BCUT2D eigenvalue weighted by Gasteiger charge is 2.09. The molecule has 0 aliphatic carbocycles. The Bertz CT molecular complexity index is 1200. The quantitative estimate of drug-likeness (QED) is 0.352. The van der Waals surface area contributed by atoms with Gasteiger partial charge in [0.25, 0.3) is 5.91 Å². The van der Waals surface area contributed by atoms with Crippen molar-refractivity contribution in [3.05, 3.63) is 94.2 Å². The minimum atomic E-state index is -0.421. The molecule has 4 aromatic rings. The van der Waals surface area contributed by atoms with Gasteiger partial charge < -0.3 is 5.11 Å². The number of nitrogens with one attached hydrogen (secondary N) is 1. The van der Waals surface area contributed by atoms with Crippen LogP contribution in [0.25, 0.3) is 10.8 Å². The van der Waals surface area contributed by atoms with E-state index in [0.717, 1.165) is 20.8 Å². The van der Waals surface area contributed by atoms with Gasteiger partial charge in [-0.05, 0) is 40.6 Å². The summed E-state index contributed by atoms with van der Waals surface area (Å²) in [5.41, 5.74) is 4.35. The lowest BCUT2D eigenvalue weighted by Gasteiger charge is -2.04. The second-order valence-corrected chi connectivity index (χ2v) is 7.36. The number of hydrogen-bond acceptors (Lipinski definition) is 4. The molecule has 0 radical (unpaired) electrons. The van der Waals surface area contributed by atoms with E-state index in [2.05, 4.69) is 31.6 Å². The summed E-state index contributed by atoms with van der Waals surface area (Å²) < 4.78 is 2.70. The van der Waals surface area contributed by atoms with Gasteiger partial charge in [-0.3, -0.25) is 9.48 Å². The number of carbonyl (C=O) groups is 1. The van der Waals surface area contributed by atoms with E-state index in [1.165, 1.54) is 6.21 Å². The van der Waals surface area contributed by atoms with E-state index >= 15 is 0 Å². The maximum absolute atomic E-state index is 12.3. The van der Waals surface area contributed by atoms with Gasteiger partial charge in [0, 0.05) is 16.2 Å². The van der Waals surface area contributed by atoms with Gasteiger partial charge in [0.1, 0.15) is 5.75 Å². The third-order valence-corrected chi connectivity index (χ3v) is 4.97. The molecule has 0 saturated carbocycles. The van der Waals surface area contributed by atoms with Crippen molar-refractivity contribution in [3.8, 4) is 5.75 Å². The number of carbonyl (C=O) groups excluding carboxylic acids is 1. The molecule has 1 heterocycles. The van der Waals surface area contributed by atoms with E-state index in [-0.39, 0.29) is 11.4 Å².